The van der Waals surface area contributed by atoms with Crippen LogP contribution in [0, 0.1) is 0 Å². The lowest BCUT2D eigenvalue weighted by Gasteiger charge is -2.21. The molecule has 0 aliphatic carbocycles. The lowest BCUT2D eigenvalue weighted by molar-refractivity contribution is -0.125. The zero-order valence-corrected chi connectivity index (χ0v) is 30.0. The van der Waals surface area contributed by atoms with E-state index in [4.69, 9.17) is 9.47 Å². The number of aliphatic hydroxyl groups excluding tert-OH is 1. The Kier molecular flexibility index (Phi) is 24.2. The van der Waals surface area contributed by atoms with Crippen molar-refractivity contribution in [2.45, 2.75) is 141 Å². The largest absolute Gasteiger partial charge is 0.445 e. The van der Waals surface area contributed by atoms with Crippen LogP contribution in [0.1, 0.15) is 127 Å². The third-order valence-electron chi connectivity index (χ3n) is 8.57. The van der Waals surface area contributed by atoms with E-state index in [-0.39, 0.29) is 43.6 Å². The maximum atomic E-state index is 13.0. The van der Waals surface area contributed by atoms with Crippen molar-refractivity contribution in [1.82, 2.24) is 16.0 Å². The molecule has 2 rings (SSSR count). The molecule has 0 aliphatic rings. The van der Waals surface area contributed by atoms with Gasteiger partial charge in [-0.2, -0.15) is 0 Å². The minimum absolute atomic E-state index is 0.0188. The molecule has 0 spiro atoms. The average molecular weight is 682 g/mol. The molecule has 0 heterocycles. The van der Waals surface area contributed by atoms with Crippen molar-refractivity contribution in [3.05, 3.63) is 71.8 Å². The van der Waals surface area contributed by atoms with Gasteiger partial charge >= 0.3 is 6.09 Å². The summed E-state index contributed by atoms with van der Waals surface area (Å²) in [5.41, 5.74) is 2.03. The number of rotatable bonds is 29. The number of hydrogen-bond acceptors (Lipinski definition) is 6. The molecular formula is C40H63N3O6. The number of benzene rings is 2. The highest BCUT2D eigenvalue weighted by atomic mass is 16.5. The fraction of sp³-hybridized carbons (Fsp3) is 0.625. The van der Waals surface area contributed by atoms with Crippen LogP contribution in [0.5, 0.6) is 0 Å². The van der Waals surface area contributed by atoms with E-state index < -0.39 is 6.09 Å². The van der Waals surface area contributed by atoms with Crippen molar-refractivity contribution < 1.29 is 29.0 Å². The van der Waals surface area contributed by atoms with Crippen LogP contribution in [0.4, 0.5) is 4.79 Å². The van der Waals surface area contributed by atoms with Gasteiger partial charge < -0.3 is 30.5 Å². The molecule has 2 aromatic carbocycles. The normalized spacial score (nSPS) is 12.2. The van der Waals surface area contributed by atoms with E-state index in [1.54, 1.807) is 0 Å². The van der Waals surface area contributed by atoms with Gasteiger partial charge in [0.25, 0.3) is 0 Å². The Morgan fingerprint density at radius 3 is 1.90 bits per heavy atom. The molecule has 0 bridgehead atoms. The van der Waals surface area contributed by atoms with Crippen molar-refractivity contribution in [3.8, 4) is 0 Å². The molecule has 9 heteroatoms. The first kappa shape index (κ1) is 41.7. The van der Waals surface area contributed by atoms with Gasteiger partial charge in [0.05, 0.1) is 31.8 Å². The highest BCUT2D eigenvalue weighted by Gasteiger charge is 2.18. The molecule has 2 aromatic rings. The summed E-state index contributed by atoms with van der Waals surface area (Å²) in [6.45, 7) is 3.79. The molecular weight excluding hydrogens is 618 g/mol. The van der Waals surface area contributed by atoms with E-state index in [2.05, 4.69) is 22.9 Å². The molecule has 2 atom stereocenters. The van der Waals surface area contributed by atoms with Gasteiger partial charge in [-0.05, 0) is 43.2 Å². The number of ether oxygens (including phenoxy) is 2. The van der Waals surface area contributed by atoms with E-state index >= 15 is 0 Å². The summed E-state index contributed by atoms with van der Waals surface area (Å²) in [5.74, 6) is -0.134. The molecule has 0 aliphatic heterocycles. The van der Waals surface area contributed by atoms with Crippen LogP contribution in [-0.2, 0) is 32.3 Å². The van der Waals surface area contributed by atoms with E-state index in [0.717, 1.165) is 49.7 Å². The molecule has 0 saturated carbocycles. The summed E-state index contributed by atoms with van der Waals surface area (Å²) in [5, 5.41) is 18.5. The SMILES string of the molecule is CCCCCCCCCCC[C@H](CC(=O)N[C@@H](CO)CCCNC(=O)CCCCCNC(=O)OCc1ccccc1)OCc1ccccc1. The Morgan fingerprint density at radius 1 is 0.653 bits per heavy atom. The number of hydrogen-bond donors (Lipinski definition) is 4. The van der Waals surface area contributed by atoms with Crippen LogP contribution < -0.4 is 16.0 Å². The number of amides is 3. The zero-order chi connectivity index (χ0) is 35.2. The maximum Gasteiger partial charge on any atom is 0.407 e. The Hall–Kier alpha value is -3.43. The van der Waals surface area contributed by atoms with Gasteiger partial charge in [-0.15, -0.1) is 0 Å². The van der Waals surface area contributed by atoms with Crippen molar-refractivity contribution >= 4 is 17.9 Å². The predicted molar refractivity (Wildman–Crippen MR) is 196 cm³/mol. The first-order valence-corrected chi connectivity index (χ1v) is 18.8. The van der Waals surface area contributed by atoms with Crippen LogP contribution >= 0.6 is 0 Å². The van der Waals surface area contributed by atoms with Gasteiger partial charge in [0.15, 0.2) is 0 Å². The van der Waals surface area contributed by atoms with Gasteiger partial charge in [-0.25, -0.2) is 4.79 Å². The second-order valence-electron chi connectivity index (χ2n) is 13.0. The predicted octanol–water partition coefficient (Wildman–Crippen LogP) is 7.74. The molecule has 4 N–H and O–H groups in total. The molecule has 49 heavy (non-hydrogen) atoms. The molecule has 0 saturated heterocycles. The van der Waals surface area contributed by atoms with Gasteiger partial charge in [0.1, 0.15) is 6.61 Å². The minimum atomic E-state index is -0.440. The minimum Gasteiger partial charge on any atom is -0.445 e. The fourth-order valence-corrected chi connectivity index (χ4v) is 5.63. The first-order chi connectivity index (χ1) is 24.0. The lowest BCUT2D eigenvalue weighted by Crippen LogP contribution is -2.39. The average Bonchev–Trinajstić information content (AvgIpc) is 3.12. The number of unbranched alkanes of at least 4 members (excludes halogenated alkanes) is 10. The summed E-state index contributed by atoms with van der Waals surface area (Å²) in [7, 11) is 0. The van der Waals surface area contributed by atoms with Crippen LogP contribution in [-0.4, -0.2) is 54.9 Å². The Bertz CT molecular complexity index is 1120. The Balaban J connectivity index is 1.57. The Morgan fingerprint density at radius 2 is 1.24 bits per heavy atom. The smallest absolute Gasteiger partial charge is 0.407 e. The van der Waals surface area contributed by atoms with Gasteiger partial charge in [-0.3, -0.25) is 9.59 Å². The van der Waals surface area contributed by atoms with Crippen LogP contribution in [0.15, 0.2) is 60.7 Å². The first-order valence-electron chi connectivity index (χ1n) is 18.8. The molecule has 0 radical (unpaired) electrons. The second kappa shape index (κ2) is 28.4. The van der Waals surface area contributed by atoms with E-state index in [0.29, 0.717) is 39.0 Å². The number of nitrogens with one attached hydrogen (secondary N) is 3. The van der Waals surface area contributed by atoms with Crippen molar-refractivity contribution in [1.29, 1.82) is 0 Å². The van der Waals surface area contributed by atoms with Crippen molar-refractivity contribution in [2.75, 3.05) is 19.7 Å². The standard InChI is InChI=1S/C40H63N3O6/c1-2-3-4-5-6-7-8-9-17-26-37(48-32-34-21-13-10-14-22-34)30-39(46)43-36(31-44)25-20-29-41-38(45)27-18-12-19-28-42-40(47)49-33-35-23-15-11-16-24-35/h10-11,13-16,21-24,36-37,44H,2-9,12,17-20,25-33H2,1H3,(H,41,45)(H,42,47)(H,43,46)/t36-,37-/m1/s1. The summed E-state index contributed by atoms with van der Waals surface area (Å²) >= 11 is 0. The summed E-state index contributed by atoms with van der Waals surface area (Å²) in [6, 6.07) is 19.2. The molecule has 0 fully saturated rings. The van der Waals surface area contributed by atoms with Crippen molar-refractivity contribution in [2.24, 2.45) is 0 Å². The van der Waals surface area contributed by atoms with Crippen LogP contribution in [0.3, 0.4) is 0 Å². The number of carbonyl (C=O) groups excluding carboxylic acids is 3. The highest BCUT2D eigenvalue weighted by molar-refractivity contribution is 5.77. The third-order valence-corrected chi connectivity index (χ3v) is 8.57. The fourth-order valence-electron chi connectivity index (χ4n) is 5.63. The van der Waals surface area contributed by atoms with E-state index in [1.807, 2.05) is 60.7 Å². The Labute approximate surface area is 295 Å². The highest BCUT2D eigenvalue weighted by Crippen LogP contribution is 2.16. The number of alkyl carbamates (subject to hydrolysis) is 1. The summed E-state index contributed by atoms with van der Waals surface area (Å²) < 4.78 is 11.4. The van der Waals surface area contributed by atoms with Crippen LogP contribution in [0.25, 0.3) is 0 Å². The maximum absolute atomic E-state index is 13.0. The molecule has 0 aromatic heterocycles. The second-order valence-corrected chi connectivity index (χ2v) is 13.0. The molecule has 0 unspecified atom stereocenters. The quantitative estimate of drug-likeness (QED) is 0.0651. The van der Waals surface area contributed by atoms with Gasteiger partial charge in [-0.1, -0.05) is 132 Å². The number of carbonyl (C=O) groups is 3. The zero-order valence-electron chi connectivity index (χ0n) is 30.0. The van der Waals surface area contributed by atoms with Crippen molar-refractivity contribution in [3.63, 3.8) is 0 Å². The number of aliphatic hydroxyl groups is 1. The summed E-state index contributed by atoms with van der Waals surface area (Å²) in [6.07, 6.45) is 15.7. The topological polar surface area (TPSA) is 126 Å². The van der Waals surface area contributed by atoms with Gasteiger partial charge in [0, 0.05) is 19.5 Å². The molecule has 3 amide bonds. The van der Waals surface area contributed by atoms with E-state index in [1.165, 1.54) is 44.9 Å². The third kappa shape index (κ3) is 22.8. The van der Waals surface area contributed by atoms with Gasteiger partial charge in [0.2, 0.25) is 11.8 Å². The summed E-state index contributed by atoms with van der Waals surface area (Å²) in [4.78, 5) is 37.0. The molecule has 9 nitrogen and oxygen atoms in total. The van der Waals surface area contributed by atoms with Crippen LogP contribution in [0.2, 0.25) is 0 Å². The monoisotopic (exact) mass is 681 g/mol. The van der Waals surface area contributed by atoms with E-state index in [9.17, 15) is 19.5 Å². The lowest BCUT2D eigenvalue weighted by atomic mass is 10.0. The molecule has 274 valence electrons.